The number of amides is 1. The van der Waals surface area contributed by atoms with Gasteiger partial charge in [0, 0.05) is 69.0 Å². The van der Waals surface area contributed by atoms with Gasteiger partial charge in [0.05, 0.1) is 17.6 Å². The van der Waals surface area contributed by atoms with Gasteiger partial charge in [-0.15, -0.1) is 0 Å². The fraction of sp³-hybridized carbons (Fsp3) is 0.458. The molecule has 2 fully saturated rings. The minimum atomic E-state index is -3.47. The monoisotopic (exact) mass is 493 g/mol. The largest absolute Gasteiger partial charge is 0.491 e. The van der Waals surface area contributed by atoms with Crippen LogP contribution in [0.15, 0.2) is 35.2 Å². The molecule has 34 heavy (non-hydrogen) atoms. The van der Waals surface area contributed by atoms with Gasteiger partial charge in [0.25, 0.3) is 5.91 Å². The zero-order chi connectivity index (χ0) is 24.5. The van der Waals surface area contributed by atoms with Crippen LogP contribution in [0.5, 0.6) is 5.75 Å². The molecule has 2 aromatic carbocycles. The number of ether oxygens (including phenoxy) is 1. The molecule has 1 amide bonds. The molecule has 0 bridgehead atoms. The first-order valence-corrected chi connectivity index (χ1v) is 13.2. The summed E-state index contributed by atoms with van der Waals surface area (Å²) in [6.07, 6.45) is 4.31. The third-order valence-corrected chi connectivity index (χ3v) is 7.55. The minimum absolute atomic E-state index is 0.111. The molecule has 0 radical (unpaired) electrons. The van der Waals surface area contributed by atoms with Crippen molar-refractivity contribution in [2.24, 2.45) is 0 Å². The third kappa shape index (κ3) is 4.96. The molecule has 7 nitrogen and oxygen atoms in total. The van der Waals surface area contributed by atoms with Crippen LogP contribution in [0.3, 0.4) is 0 Å². The van der Waals surface area contributed by atoms with Crippen LogP contribution in [0.4, 0.5) is 20.2 Å². The average Bonchev–Trinajstić information content (AvgIpc) is 2.83. The van der Waals surface area contributed by atoms with Crippen LogP contribution in [0, 0.1) is 11.6 Å². The lowest BCUT2D eigenvalue weighted by molar-refractivity contribution is 0.0747. The van der Waals surface area contributed by atoms with Crippen LogP contribution in [0.1, 0.15) is 29.6 Å². The minimum Gasteiger partial charge on any atom is -0.491 e. The highest BCUT2D eigenvalue weighted by molar-refractivity contribution is 7.90. The lowest BCUT2D eigenvalue weighted by Crippen LogP contribution is -2.49. The van der Waals surface area contributed by atoms with Crippen molar-refractivity contribution in [1.29, 1.82) is 0 Å². The van der Waals surface area contributed by atoms with Crippen LogP contribution in [-0.4, -0.2) is 71.9 Å². The van der Waals surface area contributed by atoms with Crippen LogP contribution in [-0.2, 0) is 9.84 Å². The fourth-order valence-electron chi connectivity index (χ4n) is 4.59. The normalized spacial score (nSPS) is 17.1. The second-order valence-electron chi connectivity index (χ2n) is 8.72. The van der Waals surface area contributed by atoms with Gasteiger partial charge in [-0.3, -0.25) is 4.79 Å². The summed E-state index contributed by atoms with van der Waals surface area (Å²) in [5.74, 6) is -2.22. The van der Waals surface area contributed by atoms with Gasteiger partial charge in [0.2, 0.25) is 0 Å². The van der Waals surface area contributed by atoms with E-state index < -0.39 is 27.2 Å². The van der Waals surface area contributed by atoms with Crippen molar-refractivity contribution in [3.8, 4) is 5.75 Å². The zero-order valence-corrected chi connectivity index (χ0v) is 20.2. The molecule has 0 spiro atoms. The van der Waals surface area contributed by atoms with E-state index in [1.165, 1.54) is 25.3 Å². The van der Waals surface area contributed by atoms with Gasteiger partial charge >= 0.3 is 0 Å². The molecule has 184 valence electrons. The predicted octanol–water partition coefficient (Wildman–Crippen LogP) is 3.33. The van der Waals surface area contributed by atoms with Crippen molar-refractivity contribution in [2.75, 3.05) is 62.4 Å². The van der Waals surface area contributed by atoms with Crippen LogP contribution in [0.25, 0.3) is 0 Å². The molecule has 2 aliphatic rings. The highest BCUT2D eigenvalue weighted by Crippen LogP contribution is 2.30. The molecular weight excluding hydrogens is 464 g/mol. The number of sulfone groups is 1. The Bertz CT molecular complexity index is 1150. The number of carbonyl (C=O) groups excluding carboxylic acids is 1. The highest BCUT2D eigenvalue weighted by Gasteiger charge is 2.28. The molecule has 0 aliphatic carbocycles. The van der Waals surface area contributed by atoms with E-state index in [0.29, 0.717) is 37.4 Å². The Hall–Kier alpha value is -2.88. The lowest BCUT2D eigenvalue weighted by atomic mass is 10.1. The van der Waals surface area contributed by atoms with E-state index in [9.17, 15) is 22.0 Å². The lowest BCUT2D eigenvalue weighted by Gasteiger charge is -2.37. The van der Waals surface area contributed by atoms with Crippen LogP contribution in [0.2, 0.25) is 0 Å². The average molecular weight is 494 g/mol. The Kier molecular flexibility index (Phi) is 6.97. The molecule has 10 heteroatoms. The number of halogens is 2. The molecule has 2 aromatic rings. The SMILES string of the molecule is COc1c(F)cc(N2CCN(C(=O)c3cc(S(C)(=O)=O)ccc3N3CCCCC3)CC2)cc1F. The first-order valence-electron chi connectivity index (χ1n) is 11.4. The van der Waals surface area contributed by atoms with Crippen molar-refractivity contribution in [3.05, 3.63) is 47.5 Å². The van der Waals surface area contributed by atoms with Crippen LogP contribution < -0.4 is 14.5 Å². The number of benzene rings is 2. The Balaban J connectivity index is 1.55. The Morgan fingerprint density at radius 1 is 0.882 bits per heavy atom. The van der Waals surface area contributed by atoms with Gasteiger partial charge in [-0.25, -0.2) is 17.2 Å². The fourth-order valence-corrected chi connectivity index (χ4v) is 5.24. The van der Waals surface area contributed by atoms with Crippen molar-refractivity contribution in [1.82, 2.24) is 4.90 Å². The summed E-state index contributed by atoms with van der Waals surface area (Å²) >= 11 is 0. The van der Waals surface area contributed by atoms with Gasteiger partial charge < -0.3 is 19.4 Å². The molecular formula is C24H29F2N3O4S. The summed E-state index contributed by atoms with van der Waals surface area (Å²) in [6, 6.07) is 7.21. The number of anilines is 2. The molecule has 0 saturated carbocycles. The number of rotatable bonds is 5. The van der Waals surface area contributed by atoms with E-state index in [-0.39, 0.29) is 10.8 Å². The number of piperidine rings is 1. The van der Waals surface area contributed by atoms with Crippen molar-refractivity contribution in [2.45, 2.75) is 24.2 Å². The maximum Gasteiger partial charge on any atom is 0.256 e. The molecule has 0 aromatic heterocycles. The Morgan fingerprint density at radius 3 is 2.06 bits per heavy atom. The van der Waals surface area contributed by atoms with Crippen molar-refractivity contribution < 1.29 is 26.7 Å². The summed E-state index contributed by atoms with van der Waals surface area (Å²) in [7, 11) is -2.26. The molecule has 2 saturated heterocycles. The Labute approximate surface area is 198 Å². The first kappa shape index (κ1) is 24.3. The summed E-state index contributed by atoms with van der Waals surface area (Å²) < 4.78 is 57.3. The smallest absolute Gasteiger partial charge is 0.256 e. The second-order valence-corrected chi connectivity index (χ2v) is 10.7. The van der Waals surface area contributed by atoms with E-state index in [1.807, 2.05) is 4.90 Å². The quantitative estimate of drug-likeness (QED) is 0.637. The predicted molar refractivity (Wildman–Crippen MR) is 127 cm³/mol. The van der Waals surface area contributed by atoms with Gasteiger partial charge in [0.1, 0.15) is 0 Å². The zero-order valence-electron chi connectivity index (χ0n) is 19.4. The molecule has 0 unspecified atom stereocenters. The molecule has 2 aliphatic heterocycles. The summed E-state index contributed by atoms with van der Waals surface area (Å²) in [4.78, 5) is 19.3. The maximum absolute atomic E-state index is 14.1. The summed E-state index contributed by atoms with van der Waals surface area (Å²) in [6.45, 7) is 3.11. The molecule has 0 N–H and O–H groups in total. The number of hydrogen-bond acceptors (Lipinski definition) is 6. The number of carbonyl (C=O) groups is 1. The standard InChI is InChI=1S/C24H29F2N3O4S/c1-33-23-20(25)14-17(15-21(23)26)27-10-12-29(13-11-27)24(30)19-16-18(34(2,31)32)6-7-22(19)28-8-4-3-5-9-28/h6-7,14-16H,3-5,8-13H2,1-2H3. The summed E-state index contributed by atoms with van der Waals surface area (Å²) in [5.41, 5.74) is 1.51. The van der Waals surface area contributed by atoms with Crippen LogP contribution >= 0.6 is 0 Å². The third-order valence-electron chi connectivity index (χ3n) is 6.44. The van der Waals surface area contributed by atoms with E-state index in [2.05, 4.69) is 4.90 Å². The van der Waals surface area contributed by atoms with Crippen molar-refractivity contribution >= 4 is 27.1 Å². The van der Waals surface area contributed by atoms with E-state index >= 15 is 0 Å². The molecule has 4 rings (SSSR count). The van der Waals surface area contributed by atoms with Gasteiger partial charge in [0.15, 0.2) is 27.2 Å². The number of piperazine rings is 1. The number of hydrogen-bond donors (Lipinski definition) is 0. The van der Waals surface area contributed by atoms with Gasteiger partial charge in [-0.05, 0) is 37.5 Å². The second kappa shape index (κ2) is 9.77. The van der Waals surface area contributed by atoms with E-state index in [0.717, 1.165) is 44.3 Å². The first-order chi connectivity index (χ1) is 16.2. The van der Waals surface area contributed by atoms with E-state index in [1.54, 1.807) is 17.0 Å². The van der Waals surface area contributed by atoms with E-state index in [4.69, 9.17) is 4.74 Å². The highest BCUT2D eigenvalue weighted by atomic mass is 32.2. The Morgan fingerprint density at radius 2 is 1.50 bits per heavy atom. The summed E-state index contributed by atoms with van der Waals surface area (Å²) in [5, 5.41) is 0. The van der Waals surface area contributed by atoms with Crippen molar-refractivity contribution in [3.63, 3.8) is 0 Å². The van der Waals surface area contributed by atoms with Gasteiger partial charge in [-0.2, -0.15) is 0 Å². The number of nitrogens with zero attached hydrogens (tertiary/aromatic N) is 3. The maximum atomic E-state index is 14.1. The molecule has 2 heterocycles. The topological polar surface area (TPSA) is 70.2 Å². The number of methoxy groups -OCH3 is 1. The van der Waals surface area contributed by atoms with Gasteiger partial charge in [-0.1, -0.05) is 0 Å². The molecule has 0 atom stereocenters.